The molecule has 0 unspecified atom stereocenters. The zero-order valence-electron chi connectivity index (χ0n) is 17.0. The number of ether oxygens (including phenoxy) is 2. The van der Waals surface area contributed by atoms with Crippen LogP contribution in [0.5, 0.6) is 5.75 Å². The molecule has 0 saturated carbocycles. The zero-order valence-corrected chi connectivity index (χ0v) is 17.0. The van der Waals surface area contributed by atoms with Crippen LogP contribution in [-0.2, 0) is 11.2 Å². The summed E-state index contributed by atoms with van der Waals surface area (Å²) in [7, 11) is 0. The average Bonchev–Trinajstić information content (AvgIpc) is 3.23. The minimum atomic E-state index is -0.595. The van der Waals surface area contributed by atoms with Crippen LogP contribution in [0.15, 0.2) is 42.5 Å². The summed E-state index contributed by atoms with van der Waals surface area (Å²) in [6.45, 7) is 4.72. The Morgan fingerprint density at radius 1 is 1.13 bits per heavy atom. The molecule has 2 N–H and O–H groups in total. The number of hydrogen-bond acceptors (Lipinski definition) is 7. The Kier molecular flexibility index (Phi) is 7.47. The molecule has 0 spiro atoms. The van der Waals surface area contributed by atoms with Gasteiger partial charge in [-0.05, 0) is 40.6 Å². The standard InChI is InChI=1S/C21H25N5O4/c1-3-20-23-24-25-26(20)18-12-17(16-6-4-15(2)5-7-16)13-19(14-18)30-21(28)22-8-10-29-11-9-27/h4-7,12-14,27H,3,8-11H2,1-2H3,(H,22,28). The molecule has 3 rings (SSSR count). The Labute approximate surface area is 174 Å². The summed E-state index contributed by atoms with van der Waals surface area (Å²) in [6.07, 6.45) is 0.0637. The van der Waals surface area contributed by atoms with Crippen molar-refractivity contribution in [3.63, 3.8) is 0 Å². The number of carbonyl (C=O) groups is 1. The number of nitrogens with one attached hydrogen (secondary N) is 1. The molecule has 1 amide bonds. The Morgan fingerprint density at radius 2 is 1.93 bits per heavy atom. The fourth-order valence-corrected chi connectivity index (χ4v) is 2.84. The molecule has 0 saturated heterocycles. The van der Waals surface area contributed by atoms with Gasteiger partial charge in [-0.2, -0.15) is 4.68 Å². The fraction of sp³-hybridized carbons (Fsp3) is 0.333. The van der Waals surface area contributed by atoms with E-state index in [4.69, 9.17) is 14.6 Å². The van der Waals surface area contributed by atoms with Gasteiger partial charge in [0.15, 0.2) is 5.82 Å². The van der Waals surface area contributed by atoms with E-state index >= 15 is 0 Å². The van der Waals surface area contributed by atoms with Gasteiger partial charge in [-0.1, -0.05) is 36.8 Å². The number of rotatable bonds is 9. The third-order valence-electron chi connectivity index (χ3n) is 4.33. The van der Waals surface area contributed by atoms with Crippen LogP contribution in [0.2, 0.25) is 0 Å². The largest absolute Gasteiger partial charge is 0.412 e. The third kappa shape index (κ3) is 5.62. The molecular formula is C21H25N5O4. The monoisotopic (exact) mass is 411 g/mol. The lowest BCUT2D eigenvalue weighted by Crippen LogP contribution is -2.30. The zero-order chi connectivity index (χ0) is 21.3. The molecule has 0 aliphatic heterocycles. The Morgan fingerprint density at radius 3 is 2.67 bits per heavy atom. The van der Waals surface area contributed by atoms with Crippen LogP contribution in [0, 0.1) is 6.92 Å². The lowest BCUT2D eigenvalue weighted by molar-refractivity contribution is 0.0935. The molecule has 9 nitrogen and oxygen atoms in total. The van der Waals surface area contributed by atoms with Crippen molar-refractivity contribution in [2.24, 2.45) is 0 Å². The second-order valence-electron chi connectivity index (χ2n) is 6.59. The van der Waals surface area contributed by atoms with Crippen LogP contribution in [-0.4, -0.2) is 57.8 Å². The highest BCUT2D eigenvalue weighted by molar-refractivity contribution is 5.73. The van der Waals surface area contributed by atoms with E-state index in [1.54, 1.807) is 16.8 Å². The summed E-state index contributed by atoms with van der Waals surface area (Å²) in [5, 5.41) is 23.2. The van der Waals surface area contributed by atoms with Gasteiger partial charge < -0.3 is 19.9 Å². The number of nitrogens with zero attached hydrogens (tertiary/aromatic N) is 4. The Bertz CT molecular complexity index is 972. The van der Waals surface area contributed by atoms with Crippen LogP contribution < -0.4 is 10.1 Å². The summed E-state index contributed by atoms with van der Waals surface area (Å²) in [6, 6.07) is 13.5. The van der Waals surface area contributed by atoms with E-state index in [-0.39, 0.29) is 26.4 Å². The number of tetrazole rings is 1. The number of aliphatic hydroxyl groups is 1. The normalized spacial score (nSPS) is 10.8. The Balaban J connectivity index is 1.84. The topological polar surface area (TPSA) is 111 Å². The van der Waals surface area contributed by atoms with Crippen LogP contribution in [0.25, 0.3) is 16.8 Å². The smallest absolute Gasteiger partial charge is 0.410 e. The summed E-state index contributed by atoms with van der Waals surface area (Å²) in [4.78, 5) is 12.2. The van der Waals surface area contributed by atoms with Crippen molar-refractivity contribution in [2.45, 2.75) is 20.3 Å². The number of aliphatic hydroxyl groups excluding tert-OH is 1. The summed E-state index contributed by atoms with van der Waals surface area (Å²) in [5.74, 6) is 1.07. The van der Waals surface area contributed by atoms with Crippen molar-refractivity contribution in [1.29, 1.82) is 0 Å². The molecule has 2 aromatic carbocycles. The molecule has 3 aromatic rings. The number of carbonyl (C=O) groups excluding carboxylic acids is 1. The van der Waals surface area contributed by atoms with Crippen LogP contribution in [0.4, 0.5) is 4.79 Å². The number of aromatic nitrogens is 4. The van der Waals surface area contributed by atoms with E-state index in [1.807, 2.05) is 44.2 Å². The lowest BCUT2D eigenvalue weighted by Gasteiger charge is -2.12. The predicted octanol–water partition coefficient (Wildman–Crippen LogP) is 2.30. The predicted molar refractivity (Wildman–Crippen MR) is 111 cm³/mol. The van der Waals surface area contributed by atoms with Gasteiger partial charge >= 0.3 is 6.09 Å². The second kappa shape index (κ2) is 10.5. The molecule has 0 aliphatic rings. The van der Waals surface area contributed by atoms with Crippen molar-refractivity contribution in [3.05, 3.63) is 53.9 Å². The molecule has 0 radical (unpaired) electrons. The van der Waals surface area contributed by atoms with E-state index in [0.717, 1.165) is 16.7 Å². The third-order valence-corrected chi connectivity index (χ3v) is 4.33. The van der Waals surface area contributed by atoms with E-state index < -0.39 is 6.09 Å². The lowest BCUT2D eigenvalue weighted by atomic mass is 10.0. The number of benzene rings is 2. The number of aryl methyl sites for hydroxylation is 2. The first kappa shape index (κ1) is 21.4. The van der Waals surface area contributed by atoms with E-state index in [0.29, 0.717) is 23.7 Å². The fourth-order valence-electron chi connectivity index (χ4n) is 2.84. The van der Waals surface area contributed by atoms with Gasteiger partial charge in [0.1, 0.15) is 5.75 Å². The maximum Gasteiger partial charge on any atom is 0.412 e. The van der Waals surface area contributed by atoms with E-state index in [2.05, 4.69) is 20.8 Å². The molecule has 0 aliphatic carbocycles. The van der Waals surface area contributed by atoms with Gasteiger partial charge in [0.25, 0.3) is 0 Å². The SMILES string of the molecule is CCc1nnnn1-c1cc(OC(=O)NCCOCCO)cc(-c2ccc(C)cc2)c1. The van der Waals surface area contributed by atoms with Gasteiger partial charge in [-0.15, -0.1) is 5.10 Å². The molecule has 9 heteroatoms. The minimum absolute atomic E-state index is 0.0596. The van der Waals surface area contributed by atoms with Gasteiger partial charge in [-0.3, -0.25) is 0 Å². The van der Waals surface area contributed by atoms with Crippen LogP contribution in [0.3, 0.4) is 0 Å². The maximum absolute atomic E-state index is 12.2. The second-order valence-corrected chi connectivity index (χ2v) is 6.59. The van der Waals surface area contributed by atoms with Gasteiger partial charge in [0, 0.05) is 19.0 Å². The van der Waals surface area contributed by atoms with Gasteiger partial charge in [0.05, 0.1) is 25.5 Å². The number of hydrogen-bond donors (Lipinski definition) is 2. The van der Waals surface area contributed by atoms with Crippen LogP contribution in [0.1, 0.15) is 18.3 Å². The molecule has 0 bridgehead atoms. The average molecular weight is 411 g/mol. The molecule has 158 valence electrons. The first-order valence-electron chi connectivity index (χ1n) is 9.74. The Hall–Kier alpha value is -3.30. The quantitative estimate of drug-likeness (QED) is 0.520. The molecule has 1 heterocycles. The molecule has 30 heavy (non-hydrogen) atoms. The van der Waals surface area contributed by atoms with Gasteiger partial charge in [0.2, 0.25) is 0 Å². The first-order valence-corrected chi connectivity index (χ1v) is 9.74. The highest BCUT2D eigenvalue weighted by Crippen LogP contribution is 2.28. The molecule has 1 aromatic heterocycles. The van der Waals surface area contributed by atoms with Crippen molar-refractivity contribution in [2.75, 3.05) is 26.4 Å². The van der Waals surface area contributed by atoms with Crippen LogP contribution >= 0.6 is 0 Å². The van der Waals surface area contributed by atoms with E-state index in [9.17, 15) is 4.79 Å². The first-order chi connectivity index (χ1) is 14.6. The molecule has 0 atom stereocenters. The van der Waals surface area contributed by atoms with Gasteiger partial charge in [-0.25, -0.2) is 4.79 Å². The summed E-state index contributed by atoms with van der Waals surface area (Å²) >= 11 is 0. The molecule has 0 fully saturated rings. The van der Waals surface area contributed by atoms with Crippen molar-refractivity contribution < 1.29 is 19.4 Å². The highest BCUT2D eigenvalue weighted by atomic mass is 16.6. The summed E-state index contributed by atoms with van der Waals surface area (Å²) in [5.41, 5.74) is 3.71. The summed E-state index contributed by atoms with van der Waals surface area (Å²) < 4.78 is 12.2. The van der Waals surface area contributed by atoms with Crippen molar-refractivity contribution in [1.82, 2.24) is 25.5 Å². The molecular weight excluding hydrogens is 386 g/mol. The van der Waals surface area contributed by atoms with Crippen molar-refractivity contribution >= 4 is 6.09 Å². The maximum atomic E-state index is 12.2. The van der Waals surface area contributed by atoms with E-state index in [1.165, 1.54) is 0 Å². The van der Waals surface area contributed by atoms with Crippen molar-refractivity contribution in [3.8, 4) is 22.6 Å². The number of amides is 1. The minimum Gasteiger partial charge on any atom is -0.410 e. The highest BCUT2D eigenvalue weighted by Gasteiger charge is 2.13.